The van der Waals surface area contributed by atoms with Gasteiger partial charge in [0, 0.05) is 66.1 Å². The molecule has 0 atom stereocenters. The van der Waals surface area contributed by atoms with Crippen molar-refractivity contribution in [2.45, 2.75) is 13.8 Å². The molecular weight excluding hydrogens is 863 g/mol. The van der Waals surface area contributed by atoms with Crippen LogP contribution in [0.25, 0.3) is 128 Å². The van der Waals surface area contributed by atoms with Gasteiger partial charge < -0.3 is 13.7 Å². The van der Waals surface area contributed by atoms with Crippen LogP contribution in [-0.2, 0) is 0 Å². The molecule has 5 heteroatoms. The number of hydrogen-bond donors (Lipinski definition) is 0. The van der Waals surface area contributed by atoms with Crippen LogP contribution in [0.4, 0.5) is 0 Å². The minimum Gasteiger partial charge on any atom is -0.309 e. The summed E-state index contributed by atoms with van der Waals surface area (Å²) in [6, 6.07) is 85.8. The first kappa shape index (κ1) is 40.7. The lowest BCUT2D eigenvalue weighted by Crippen LogP contribution is -1.96. The topological polar surface area (TPSA) is 40.6 Å². The van der Waals surface area contributed by atoms with Crippen LogP contribution in [0.15, 0.2) is 237 Å². The van der Waals surface area contributed by atoms with Crippen LogP contribution >= 0.6 is 0 Å². The molecule has 4 heterocycles. The average Bonchev–Trinajstić information content (AvgIpc) is 4.06. The van der Waals surface area contributed by atoms with Crippen molar-refractivity contribution in [3.05, 3.63) is 248 Å². The van der Waals surface area contributed by atoms with Crippen molar-refractivity contribution in [1.29, 1.82) is 0 Å². The molecule has 14 rings (SSSR count). The van der Waals surface area contributed by atoms with Crippen molar-refractivity contribution < 1.29 is 0 Å². The molecule has 14 aromatic rings. The van der Waals surface area contributed by atoms with E-state index < -0.39 is 0 Å². The van der Waals surface area contributed by atoms with E-state index in [1.807, 2.05) is 0 Å². The van der Waals surface area contributed by atoms with E-state index >= 15 is 0 Å². The molecule has 0 aliphatic rings. The summed E-state index contributed by atoms with van der Waals surface area (Å²) in [6.07, 6.45) is 0. The standard InChI is InChI=1S/C66H45N5/c1-42-19-23-46(24-20-42)58-41-59(68-66(67-58)48-25-21-43(2)22-26-48)47-29-27-44(28-30-47)45-31-33-49(34-32-45)69-64-37-35-50(70-60-15-7-3-11-52(60)53-12-4-8-16-61(53)70)39-56(64)57-40-51(36-38-65(57)69)71-62-17-9-5-13-54(62)55-14-6-10-18-63(55)71/h3-41H,1-2H3. The highest BCUT2D eigenvalue weighted by Crippen LogP contribution is 2.40. The maximum Gasteiger partial charge on any atom is 0.160 e. The molecule has 10 aromatic carbocycles. The molecule has 5 nitrogen and oxygen atoms in total. The first-order chi connectivity index (χ1) is 35.0. The van der Waals surface area contributed by atoms with E-state index in [1.165, 1.54) is 65.5 Å². The van der Waals surface area contributed by atoms with E-state index in [1.54, 1.807) is 0 Å². The van der Waals surface area contributed by atoms with E-state index in [0.29, 0.717) is 5.82 Å². The van der Waals surface area contributed by atoms with Gasteiger partial charge in [-0.3, -0.25) is 0 Å². The zero-order valence-corrected chi connectivity index (χ0v) is 39.3. The van der Waals surface area contributed by atoms with Crippen molar-refractivity contribution in [2.75, 3.05) is 0 Å². The van der Waals surface area contributed by atoms with Gasteiger partial charge in [-0.25, -0.2) is 9.97 Å². The molecule has 0 aliphatic heterocycles. The molecule has 0 fully saturated rings. The fourth-order valence-electron chi connectivity index (χ4n) is 10.9. The third kappa shape index (κ3) is 6.69. The normalized spacial score (nSPS) is 11.8. The molecule has 0 amide bonds. The lowest BCUT2D eigenvalue weighted by atomic mass is 10.0. The van der Waals surface area contributed by atoms with Gasteiger partial charge in [0.2, 0.25) is 0 Å². The largest absolute Gasteiger partial charge is 0.309 e. The van der Waals surface area contributed by atoms with Crippen molar-refractivity contribution in [2.24, 2.45) is 0 Å². The molecule has 71 heavy (non-hydrogen) atoms. The van der Waals surface area contributed by atoms with E-state index in [2.05, 4.69) is 264 Å². The smallest absolute Gasteiger partial charge is 0.160 e. The quantitative estimate of drug-likeness (QED) is 0.160. The predicted octanol–water partition coefficient (Wildman–Crippen LogP) is 17.1. The van der Waals surface area contributed by atoms with Gasteiger partial charge in [-0.15, -0.1) is 0 Å². The van der Waals surface area contributed by atoms with Crippen LogP contribution in [0.3, 0.4) is 0 Å². The second kappa shape index (κ2) is 16.2. The number of para-hydroxylation sites is 4. The number of benzene rings is 10. The maximum absolute atomic E-state index is 5.12. The van der Waals surface area contributed by atoms with E-state index in [0.717, 1.165) is 67.3 Å². The highest BCUT2D eigenvalue weighted by Gasteiger charge is 2.19. The zero-order chi connectivity index (χ0) is 47.2. The maximum atomic E-state index is 5.12. The molecule has 0 bridgehead atoms. The van der Waals surface area contributed by atoms with Crippen LogP contribution in [0.1, 0.15) is 11.1 Å². The number of hydrogen-bond acceptors (Lipinski definition) is 2. The Balaban J connectivity index is 0.883. The summed E-state index contributed by atoms with van der Waals surface area (Å²) < 4.78 is 7.26. The Hall–Kier alpha value is -9.32. The SMILES string of the molecule is Cc1ccc(-c2cc(-c3ccc(-c4ccc(-n5c6ccc(-n7c8ccccc8c8ccccc87)cc6c6cc(-n7c8ccccc8c8ccccc87)ccc65)cc4)cc3)nc(-c3ccc(C)cc3)n2)cc1. The summed E-state index contributed by atoms with van der Waals surface area (Å²) in [4.78, 5) is 10.2. The Morgan fingerprint density at radius 2 is 0.563 bits per heavy atom. The van der Waals surface area contributed by atoms with Gasteiger partial charge in [-0.2, -0.15) is 0 Å². The fourth-order valence-corrected chi connectivity index (χ4v) is 10.9. The van der Waals surface area contributed by atoms with Crippen LogP contribution in [0, 0.1) is 13.8 Å². The third-order valence-electron chi connectivity index (χ3n) is 14.4. The first-order valence-electron chi connectivity index (χ1n) is 24.3. The Morgan fingerprint density at radius 1 is 0.254 bits per heavy atom. The summed E-state index contributed by atoms with van der Waals surface area (Å²) in [5.74, 6) is 0.716. The first-order valence-corrected chi connectivity index (χ1v) is 24.3. The summed E-state index contributed by atoms with van der Waals surface area (Å²) in [7, 11) is 0. The van der Waals surface area contributed by atoms with Crippen molar-refractivity contribution in [1.82, 2.24) is 23.7 Å². The number of aromatic nitrogens is 5. The number of fused-ring (bicyclic) bond motifs is 9. The average molecular weight is 908 g/mol. The van der Waals surface area contributed by atoms with Crippen LogP contribution in [0.5, 0.6) is 0 Å². The van der Waals surface area contributed by atoms with Gasteiger partial charge in [-0.05, 0) is 104 Å². The zero-order valence-electron chi connectivity index (χ0n) is 39.3. The minimum absolute atomic E-state index is 0.716. The minimum atomic E-state index is 0.716. The summed E-state index contributed by atoms with van der Waals surface area (Å²) in [5.41, 5.74) is 20.1. The Kier molecular flexibility index (Phi) is 9.26. The van der Waals surface area contributed by atoms with Crippen molar-refractivity contribution >= 4 is 65.4 Å². The predicted molar refractivity (Wildman–Crippen MR) is 296 cm³/mol. The second-order valence-corrected chi connectivity index (χ2v) is 18.8. The van der Waals surface area contributed by atoms with Crippen molar-refractivity contribution in [3.63, 3.8) is 0 Å². The number of aryl methyl sites for hydroxylation is 2. The van der Waals surface area contributed by atoms with Gasteiger partial charge in [0.1, 0.15) is 0 Å². The Bertz CT molecular complexity index is 4040. The lowest BCUT2D eigenvalue weighted by molar-refractivity contribution is 1.16. The molecule has 0 N–H and O–H groups in total. The molecule has 334 valence electrons. The van der Waals surface area contributed by atoms with Crippen LogP contribution in [-0.4, -0.2) is 23.7 Å². The molecule has 0 spiro atoms. The molecule has 0 radical (unpaired) electrons. The van der Waals surface area contributed by atoms with Gasteiger partial charge in [0.05, 0.1) is 44.5 Å². The highest BCUT2D eigenvalue weighted by atomic mass is 15.0. The van der Waals surface area contributed by atoms with Crippen molar-refractivity contribution in [3.8, 4) is 62.1 Å². The van der Waals surface area contributed by atoms with Gasteiger partial charge >= 0.3 is 0 Å². The molecule has 0 unspecified atom stereocenters. The van der Waals surface area contributed by atoms with Crippen LogP contribution in [0.2, 0.25) is 0 Å². The number of nitrogens with zero attached hydrogens (tertiary/aromatic N) is 5. The van der Waals surface area contributed by atoms with E-state index in [4.69, 9.17) is 9.97 Å². The molecule has 0 aliphatic carbocycles. The highest BCUT2D eigenvalue weighted by molar-refractivity contribution is 6.14. The Morgan fingerprint density at radius 3 is 0.986 bits per heavy atom. The fraction of sp³-hybridized carbons (Fsp3) is 0.0303. The van der Waals surface area contributed by atoms with Gasteiger partial charge in [0.15, 0.2) is 5.82 Å². The second-order valence-electron chi connectivity index (χ2n) is 18.8. The lowest BCUT2D eigenvalue weighted by Gasteiger charge is -2.12. The third-order valence-corrected chi connectivity index (χ3v) is 14.4. The summed E-state index contributed by atoms with van der Waals surface area (Å²) >= 11 is 0. The van der Waals surface area contributed by atoms with E-state index in [9.17, 15) is 0 Å². The molecular formula is C66H45N5. The van der Waals surface area contributed by atoms with Crippen LogP contribution < -0.4 is 0 Å². The summed E-state index contributed by atoms with van der Waals surface area (Å²) in [6.45, 7) is 4.21. The molecule has 0 saturated carbocycles. The summed E-state index contributed by atoms with van der Waals surface area (Å²) in [5, 5.41) is 7.40. The van der Waals surface area contributed by atoms with Gasteiger partial charge in [0.25, 0.3) is 0 Å². The molecule has 0 saturated heterocycles. The number of rotatable bonds is 7. The van der Waals surface area contributed by atoms with Gasteiger partial charge in [-0.1, -0.05) is 169 Å². The van der Waals surface area contributed by atoms with E-state index in [-0.39, 0.29) is 0 Å². The molecule has 4 aromatic heterocycles. The Labute approximate surface area is 410 Å². The monoisotopic (exact) mass is 907 g/mol.